The Hall–Kier alpha value is -1.30. The Bertz CT molecular complexity index is 453. The number of phenolic OH excluding ortho intramolecular Hbond substituents is 1. The molecule has 1 aromatic carbocycles. The standard InChI is InChI=1S/C12H15ClN2O3/c1-18-11-6-14-5-9(11)15-12(17)8-4-7(13)2-3-10(8)16/h2-4,9,11,14,16H,5-6H2,1H3,(H,15,17)/t9?,11-/m0/s1. The molecule has 1 unspecified atom stereocenters. The lowest BCUT2D eigenvalue weighted by Crippen LogP contribution is -2.43. The molecule has 1 aliphatic rings. The fraction of sp³-hybridized carbons (Fsp3) is 0.417. The van der Waals surface area contributed by atoms with E-state index in [9.17, 15) is 9.90 Å². The second-order valence-electron chi connectivity index (χ2n) is 4.17. The van der Waals surface area contributed by atoms with Crippen molar-refractivity contribution in [2.45, 2.75) is 12.1 Å². The zero-order valence-electron chi connectivity index (χ0n) is 9.94. The number of nitrogens with one attached hydrogen (secondary N) is 2. The molecular formula is C12H15ClN2O3. The van der Waals surface area contributed by atoms with Crippen molar-refractivity contribution in [1.29, 1.82) is 0 Å². The molecule has 1 aliphatic heterocycles. The number of hydrogen-bond donors (Lipinski definition) is 3. The molecule has 1 amide bonds. The number of carbonyl (C=O) groups is 1. The predicted molar refractivity (Wildman–Crippen MR) is 68.0 cm³/mol. The summed E-state index contributed by atoms with van der Waals surface area (Å²) in [6, 6.07) is 4.26. The number of hydrogen-bond acceptors (Lipinski definition) is 4. The monoisotopic (exact) mass is 270 g/mol. The van der Waals surface area contributed by atoms with E-state index >= 15 is 0 Å². The van der Waals surface area contributed by atoms with Crippen LogP contribution in [0, 0.1) is 0 Å². The second kappa shape index (κ2) is 5.56. The number of aromatic hydroxyl groups is 1. The molecule has 1 fully saturated rings. The number of ether oxygens (including phenoxy) is 1. The first-order valence-corrected chi connectivity index (χ1v) is 6.02. The summed E-state index contributed by atoms with van der Waals surface area (Å²) >= 11 is 5.81. The molecule has 0 radical (unpaired) electrons. The number of carbonyl (C=O) groups excluding carboxylic acids is 1. The SMILES string of the molecule is CO[C@H]1CNCC1NC(=O)c1cc(Cl)ccc1O. The first-order valence-electron chi connectivity index (χ1n) is 5.64. The van der Waals surface area contributed by atoms with Crippen LogP contribution in [0.25, 0.3) is 0 Å². The van der Waals surface area contributed by atoms with Crippen LogP contribution in [0.4, 0.5) is 0 Å². The highest BCUT2D eigenvalue weighted by Crippen LogP contribution is 2.21. The molecule has 5 nitrogen and oxygen atoms in total. The van der Waals surface area contributed by atoms with Gasteiger partial charge in [-0.1, -0.05) is 11.6 Å². The van der Waals surface area contributed by atoms with Crippen LogP contribution in [0.15, 0.2) is 18.2 Å². The summed E-state index contributed by atoms with van der Waals surface area (Å²) in [5, 5.41) is 16.0. The summed E-state index contributed by atoms with van der Waals surface area (Å²) < 4.78 is 5.25. The highest BCUT2D eigenvalue weighted by atomic mass is 35.5. The fourth-order valence-electron chi connectivity index (χ4n) is 1.98. The van der Waals surface area contributed by atoms with Gasteiger partial charge in [-0.15, -0.1) is 0 Å². The number of rotatable bonds is 3. The van der Waals surface area contributed by atoms with Gasteiger partial charge in [-0.2, -0.15) is 0 Å². The lowest BCUT2D eigenvalue weighted by Gasteiger charge is -2.18. The van der Waals surface area contributed by atoms with Crippen LogP contribution in [0.2, 0.25) is 5.02 Å². The predicted octanol–water partition coefficient (Wildman–Crippen LogP) is 0.762. The van der Waals surface area contributed by atoms with E-state index in [1.807, 2.05) is 0 Å². The van der Waals surface area contributed by atoms with Crippen LogP contribution in [0.1, 0.15) is 10.4 Å². The Morgan fingerprint density at radius 2 is 2.33 bits per heavy atom. The van der Waals surface area contributed by atoms with Crippen molar-refractivity contribution in [2.75, 3.05) is 20.2 Å². The largest absolute Gasteiger partial charge is 0.507 e. The molecule has 0 aliphatic carbocycles. The highest BCUT2D eigenvalue weighted by molar-refractivity contribution is 6.31. The van der Waals surface area contributed by atoms with Crippen molar-refractivity contribution in [3.8, 4) is 5.75 Å². The molecule has 0 aromatic heterocycles. The minimum atomic E-state index is -0.356. The van der Waals surface area contributed by atoms with E-state index < -0.39 is 0 Å². The van der Waals surface area contributed by atoms with Crippen molar-refractivity contribution in [3.63, 3.8) is 0 Å². The van der Waals surface area contributed by atoms with E-state index in [2.05, 4.69) is 10.6 Å². The van der Waals surface area contributed by atoms with Crippen LogP contribution < -0.4 is 10.6 Å². The molecule has 6 heteroatoms. The highest BCUT2D eigenvalue weighted by Gasteiger charge is 2.29. The fourth-order valence-corrected chi connectivity index (χ4v) is 2.15. The first-order chi connectivity index (χ1) is 8.61. The van der Waals surface area contributed by atoms with Gasteiger partial charge in [-0.05, 0) is 18.2 Å². The van der Waals surface area contributed by atoms with E-state index in [1.54, 1.807) is 7.11 Å². The van der Waals surface area contributed by atoms with Gasteiger partial charge < -0.3 is 20.5 Å². The Kier molecular flexibility index (Phi) is 4.06. The van der Waals surface area contributed by atoms with Crippen LogP contribution in [-0.4, -0.2) is 43.4 Å². The van der Waals surface area contributed by atoms with Crippen molar-refractivity contribution in [2.24, 2.45) is 0 Å². The van der Waals surface area contributed by atoms with Crippen molar-refractivity contribution in [3.05, 3.63) is 28.8 Å². The number of methoxy groups -OCH3 is 1. The van der Waals surface area contributed by atoms with Gasteiger partial charge in [0, 0.05) is 25.2 Å². The smallest absolute Gasteiger partial charge is 0.255 e. The summed E-state index contributed by atoms with van der Waals surface area (Å²) in [5.41, 5.74) is 0.171. The minimum Gasteiger partial charge on any atom is -0.507 e. The van der Waals surface area contributed by atoms with Gasteiger partial charge in [-0.3, -0.25) is 4.79 Å². The second-order valence-corrected chi connectivity index (χ2v) is 4.61. The summed E-state index contributed by atoms with van der Waals surface area (Å²) in [4.78, 5) is 12.0. The summed E-state index contributed by atoms with van der Waals surface area (Å²) in [5.74, 6) is -0.442. The number of halogens is 1. The zero-order chi connectivity index (χ0) is 13.1. The van der Waals surface area contributed by atoms with Gasteiger partial charge in [0.2, 0.25) is 0 Å². The molecule has 2 rings (SSSR count). The maximum atomic E-state index is 12.0. The third kappa shape index (κ3) is 2.75. The molecule has 2 atom stereocenters. The Morgan fingerprint density at radius 3 is 3.06 bits per heavy atom. The normalized spacial score (nSPS) is 23.0. The van der Waals surface area contributed by atoms with E-state index in [0.717, 1.165) is 0 Å². The van der Waals surface area contributed by atoms with Gasteiger partial charge in [0.15, 0.2) is 0 Å². The number of phenols is 1. The molecule has 1 aromatic rings. The van der Waals surface area contributed by atoms with Crippen molar-refractivity contribution >= 4 is 17.5 Å². The van der Waals surface area contributed by atoms with E-state index in [-0.39, 0.29) is 29.4 Å². The molecule has 0 bridgehead atoms. The maximum absolute atomic E-state index is 12.0. The van der Waals surface area contributed by atoms with Gasteiger partial charge >= 0.3 is 0 Å². The number of amides is 1. The Morgan fingerprint density at radius 1 is 1.56 bits per heavy atom. The lowest BCUT2D eigenvalue weighted by atomic mass is 10.1. The quantitative estimate of drug-likeness (QED) is 0.759. The molecule has 0 saturated carbocycles. The third-order valence-electron chi connectivity index (χ3n) is 2.98. The average Bonchev–Trinajstić information content (AvgIpc) is 2.79. The lowest BCUT2D eigenvalue weighted by molar-refractivity contribution is 0.0778. The van der Waals surface area contributed by atoms with Crippen molar-refractivity contribution < 1.29 is 14.6 Å². The summed E-state index contributed by atoms with van der Waals surface area (Å²) in [6.07, 6.45) is -0.0599. The van der Waals surface area contributed by atoms with Gasteiger partial charge in [0.05, 0.1) is 17.7 Å². The van der Waals surface area contributed by atoms with Crippen LogP contribution >= 0.6 is 11.6 Å². The Balaban J connectivity index is 2.09. The van der Waals surface area contributed by atoms with E-state index in [4.69, 9.17) is 16.3 Å². The van der Waals surface area contributed by atoms with E-state index in [0.29, 0.717) is 18.1 Å². The molecule has 98 valence electrons. The molecule has 3 N–H and O–H groups in total. The Labute approximate surface area is 110 Å². The maximum Gasteiger partial charge on any atom is 0.255 e. The topological polar surface area (TPSA) is 70.6 Å². The zero-order valence-corrected chi connectivity index (χ0v) is 10.7. The molecule has 1 saturated heterocycles. The summed E-state index contributed by atoms with van der Waals surface area (Å²) in [7, 11) is 1.60. The first kappa shape index (κ1) is 13.1. The molecule has 0 spiro atoms. The summed E-state index contributed by atoms with van der Waals surface area (Å²) in [6.45, 7) is 1.34. The van der Waals surface area contributed by atoms with Gasteiger partial charge in [-0.25, -0.2) is 0 Å². The van der Waals surface area contributed by atoms with Gasteiger partial charge in [0.1, 0.15) is 5.75 Å². The molecule has 18 heavy (non-hydrogen) atoms. The molecular weight excluding hydrogens is 256 g/mol. The van der Waals surface area contributed by atoms with Crippen LogP contribution in [0.3, 0.4) is 0 Å². The average molecular weight is 271 g/mol. The van der Waals surface area contributed by atoms with E-state index in [1.165, 1.54) is 18.2 Å². The third-order valence-corrected chi connectivity index (χ3v) is 3.22. The molecule has 1 heterocycles. The number of benzene rings is 1. The van der Waals surface area contributed by atoms with Crippen LogP contribution in [0.5, 0.6) is 5.75 Å². The van der Waals surface area contributed by atoms with Gasteiger partial charge in [0.25, 0.3) is 5.91 Å². The van der Waals surface area contributed by atoms with Crippen LogP contribution in [-0.2, 0) is 4.74 Å². The minimum absolute atomic E-state index is 0.0599. The van der Waals surface area contributed by atoms with Crippen molar-refractivity contribution in [1.82, 2.24) is 10.6 Å².